The zero-order chi connectivity index (χ0) is 26.1. The Balaban J connectivity index is 1.92. The van der Waals surface area contributed by atoms with E-state index in [0.29, 0.717) is 25.9 Å². The third-order valence-corrected chi connectivity index (χ3v) is 8.31. The predicted molar refractivity (Wildman–Crippen MR) is 135 cm³/mol. The Morgan fingerprint density at radius 3 is 2.31 bits per heavy atom. The fraction of sp³-hybridized carbons (Fsp3) is 0.435. The summed E-state index contributed by atoms with van der Waals surface area (Å²) in [5.74, 6) is -0.866. The molecular formula is C23H32N4O6S2. The minimum atomic E-state index is -3.35. The molecule has 0 unspecified atom stereocenters. The van der Waals surface area contributed by atoms with E-state index >= 15 is 0 Å². The molecule has 35 heavy (non-hydrogen) atoms. The lowest BCUT2D eigenvalue weighted by molar-refractivity contribution is 0.0918. The zero-order valence-electron chi connectivity index (χ0n) is 20.1. The van der Waals surface area contributed by atoms with Crippen LogP contribution in [-0.4, -0.2) is 75.6 Å². The van der Waals surface area contributed by atoms with Crippen LogP contribution in [0, 0.1) is 0 Å². The topological polar surface area (TPSA) is 143 Å². The number of piperidine rings is 1. The highest BCUT2D eigenvalue weighted by atomic mass is 32.2. The molecule has 2 rings (SSSR count). The number of rotatable bonds is 10. The molecule has 0 bridgehead atoms. The molecule has 12 heteroatoms. The summed E-state index contributed by atoms with van der Waals surface area (Å²) in [7, 11) is -6.59. The fourth-order valence-corrected chi connectivity index (χ4v) is 5.19. The van der Waals surface area contributed by atoms with Crippen LogP contribution in [0.25, 0.3) is 0 Å². The van der Waals surface area contributed by atoms with Crippen LogP contribution in [0.15, 0.2) is 53.5 Å². The quantitative estimate of drug-likeness (QED) is 0.441. The minimum absolute atomic E-state index is 0.0488. The second kappa shape index (κ2) is 12.8. The summed E-state index contributed by atoms with van der Waals surface area (Å²) in [6.45, 7) is 4.15. The standard InChI is InChI=1S/C23H32N4O6S2/c1-4-9-19(34(3,30)31)10-6-7-15-24-22(28)20-11-8-12-21(26-20)23(29)25-18-13-16-27(17-14-18)35(32,33)5-2/h4,6-12,18H,5,13-17H2,1-3H3,(H,24,28)(H,25,29)/b7-6+,9-4-,19-10+. The number of aromatic nitrogens is 1. The van der Waals surface area contributed by atoms with Crippen LogP contribution in [-0.2, 0) is 19.9 Å². The van der Waals surface area contributed by atoms with Gasteiger partial charge in [0.2, 0.25) is 10.0 Å². The number of sulfonamides is 1. The first kappa shape index (κ1) is 28.4. The molecule has 1 aliphatic rings. The monoisotopic (exact) mass is 524 g/mol. The second-order valence-electron chi connectivity index (χ2n) is 7.93. The molecule has 1 aliphatic heterocycles. The Labute approximate surface area is 207 Å². The van der Waals surface area contributed by atoms with Crippen LogP contribution >= 0.6 is 0 Å². The van der Waals surface area contributed by atoms with E-state index in [1.165, 1.54) is 34.7 Å². The van der Waals surface area contributed by atoms with Gasteiger partial charge in [-0.15, -0.1) is 0 Å². The van der Waals surface area contributed by atoms with Crippen molar-refractivity contribution >= 4 is 31.7 Å². The van der Waals surface area contributed by atoms with Gasteiger partial charge in [0.15, 0.2) is 9.84 Å². The van der Waals surface area contributed by atoms with E-state index in [9.17, 15) is 26.4 Å². The lowest BCUT2D eigenvalue weighted by Crippen LogP contribution is -2.47. The van der Waals surface area contributed by atoms with Crippen LogP contribution in [0.3, 0.4) is 0 Å². The van der Waals surface area contributed by atoms with Crippen molar-refractivity contribution < 1.29 is 26.4 Å². The lowest BCUT2D eigenvalue weighted by Gasteiger charge is -2.31. The lowest BCUT2D eigenvalue weighted by atomic mass is 10.1. The van der Waals surface area contributed by atoms with Gasteiger partial charge in [-0.05, 0) is 51.0 Å². The van der Waals surface area contributed by atoms with E-state index in [1.807, 2.05) is 0 Å². The van der Waals surface area contributed by atoms with Crippen molar-refractivity contribution in [1.29, 1.82) is 0 Å². The van der Waals surface area contributed by atoms with Crippen LogP contribution < -0.4 is 10.6 Å². The fourth-order valence-electron chi connectivity index (χ4n) is 3.35. The van der Waals surface area contributed by atoms with Gasteiger partial charge >= 0.3 is 0 Å². The first-order valence-corrected chi connectivity index (χ1v) is 14.7. The smallest absolute Gasteiger partial charge is 0.270 e. The van der Waals surface area contributed by atoms with Crippen LogP contribution in [0.1, 0.15) is 47.7 Å². The number of carbonyl (C=O) groups is 2. The molecule has 0 radical (unpaired) electrons. The molecule has 0 saturated carbocycles. The zero-order valence-corrected chi connectivity index (χ0v) is 21.7. The maximum Gasteiger partial charge on any atom is 0.270 e. The average Bonchev–Trinajstić information content (AvgIpc) is 2.82. The van der Waals surface area contributed by atoms with Crippen molar-refractivity contribution in [2.24, 2.45) is 0 Å². The number of hydrogen-bond donors (Lipinski definition) is 2. The van der Waals surface area contributed by atoms with Gasteiger partial charge in [-0.3, -0.25) is 9.59 Å². The van der Waals surface area contributed by atoms with Crippen molar-refractivity contribution in [1.82, 2.24) is 19.9 Å². The van der Waals surface area contributed by atoms with Crippen LogP contribution in [0.4, 0.5) is 0 Å². The third kappa shape index (κ3) is 8.71. The van der Waals surface area contributed by atoms with E-state index in [-0.39, 0.29) is 34.6 Å². The molecule has 192 valence electrons. The first-order chi connectivity index (χ1) is 16.5. The van der Waals surface area contributed by atoms with Gasteiger partial charge < -0.3 is 10.6 Å². The van der Waals surface area contributed by atoms with Crippen LogP contribution in [0.5, 0.6) is 0 Å². The molecule has 2 heterocycles. The summed E-state index contributed by atoms with van der Waals surface area (Å²) in [5, 5.41) is 5.49. The third-order valence-electron chi connectivity index (χ3n) is 5.30. The molecule has 1 aromatic heterocycles. The number of amides is 2. The van der Waals surface area contributed by atoms with Gasteiger partial charge in [-0.25, -0.2) is 26.1 Å². The molecule has 1 fully saturated rings. The summed E-state index contributed by atoms with van der Waals surface area (Å²) >= 11 is 0. The minimum Gasteiger partial charge on any atom is -0.348 e. The molecule has 0 aliphatic carbocycles. The first-order valence-electron chi connectivity index (χ1n) is 11.2. The van der Waals surface area contributed by atoms with Gasteiger partial charge in [-0.2, -0.15) is 0 Å². The van der Waals surface area contributed by atoms with E-state index in [0.717, 1.165) is 6.26 Å². The number of hydrogen-bond acceptors (Lipinski definition) is 7. The Morgan fingerprint density at radius 1 is 1.11 bits per heavy atom. The van der Waals surface area contributed by atoms with Gasteiger partial charge in [-0.1, -0.05) is 24.3 Å². The SMILES string of the molecule is C\C=C/C(=C\C=C\CNC(=O)c1cccc(C(=O)NC2CCN(S(=O)(=O)CC)CC2)n1)S(C)(=O)=O. The average molecular weight is 525 g/mol. The molecule has 2 amide bonds. The molecule has 0 atom stereocenters. The number of pyridine rings is 1. The summed E-state index contributed by atoms with van der Waals surface area (Å²) < 4.78 is 48.7. The maximum absolute atomic E-state index is 12.6. The normalized spacial score (nSPS) is 16.6. The van der Waals surface area contributed by atoms with Gasteiger partial charge in [0.05, 0.1) is 10.7 Å². The van der Waals surface area contributed by atoms with Crippen molar-refractivity contribution in [2.75, 3.05) is 31.6 Å². The van der Waals surface area contributed by atoms with Crippen molar-refractivity contribution in [2.45, 2.75) is 32.7 Å². The Kier molecular flexibility index (Phi) is 10.3. The van der Waals surface area contributed by atoms with Crippen molar-refractivity contribution in [3.8, 4) is 0 Å². The molecule has 0 spiro atoms. The van der Waals surface area contributed by atoms with Gasteiger partial charge in [0, 0.05) is 31.9 Å². The second-order valence-corrected chi connectivity index (χ2v) is 12.2. The molecule has 10 nitrogen and oxygen atoms in total. The molecule has 1 aromatic rings. The number of allylic oxidation sites excluding steroid dienone is 4. The number of sulfone groups is 1. The number of nitrogens with zero attached hydrogens (tertiary/aromatic N) is 2. The molecule has 0 aromatic carbocycles. The van der Waals surface area contributed by atoms with E-state index < -0.39 is 31.7 Å². The highest BCUT2D eigenvalue weighted by Crippen LogP contribution is 2.15. The van der Waals surface area contributed by atoms with E-state index in [2.05, 4.69) is 15.6 Å². The van der Waals surface area contributed by atoms with Crippen molar-refractivity contribution in [3.63, 3.8) is 0 Å². The summed E-state index contributed by atoms with van der Waals surface area (Å²) in [4.78, 5) is 29.3. The predicted octanol–water partition coefficient (Wildman–Crippen LogP) is 1.42. The summed E-state index contributed by atoms with van der Waals surface area (Å²) in [5.41, 5.74) is 0.153. The van der Waals surface area contributed by atoms with Gasteiger partial charge in [0.1, 0.15) is 11.4 Å². The van der Waals surface area contributed by atoms with Crippen LogP contribution in [0.2, 0.25) is 0 Å². The highest BCUT2D eigenvalue weighted by molar-refractivity contribution is 7.94. The summed E-state index contributed by atoms with van der Waals surface area (Å²) in [6.07, 6.45) is 9.78. The Morgan fingerprint density at radius 2 is 1.74 bits per heavy atom. The molecule has 1 saturated heterocycles. The molecular weight excluding hydrogens is 492 g/mol. The summed E-state index contributed by atoms with van der Waals surface area (Å²) in [6, 6.07) is 4.36. The largest absolute Gasteiger partial charge is 0.348 e. The Hall–Kier alpha value is -2.83. The number of carbonyl (C=O) groups excluding carboxylic acids is 2. The van der Waals surface area contributed by atoms with E-state index in [1.54, 1.807) is 32.1 Å². The number of nitrogens with one attached hydrogen (secondary N) is 2. The maximum atomic E-state index is 12.6. The molecule has 2 N–H and O–H groups in total. The highest BCUT2D eigenvalue weighted by Gasteiger charge is 2.27. The van der Waals surface area contributed by atoms with E-state index in [4.69, 9.17) is 0 Å². The Bertz CT molecular complexity index is 1210. The van der Waals surface area contributed by atoms with Crippen molar-refractivity contribution in [3.05, 3.63) is 64.9 Å². The van der Waals surface area contributed by atoms with Gasteiger partial charge in [0.25, 0.3) is 11.8 Å².